The van der Waals surface area contributed by atoms with Gasteiger partial charge in [-0.1, -0.05) is 5.57 Å². The van der Waals surface area contributed by atoms with Gasteiger partial charge in [0.1, 0.15) is 5.76 Å². The molecule has 6 nitrogen and oxygen atoms in total. The number of carboxylic acid groups (broad SMARTS) is 1. The maximum absolute atomic E-state index is 12.0. The lowest BCUT2D eigenvalue weighted by Gasteiger charge is -2.29. The Morgan fingerprint density at radius 2 is 2.30 bits per heavy atom. The monoisotopic (exact) mass is 278 g/mol. The Labute approximate surface area is 117 Å². The van der Waals surface area contributed by atoms with E-state index in [-0.39, 0.29) is 19.0 Å². The molecule has 2 amide bonds. The van der Waals surface area contributed by atoms with E-state index in [1.54, 1.807) is 11.2 Å². The van der Waals surface area contributed by atoms with Gasteiger partial charge in [0.2, 0.25) is 0 Å². The first kappa shape index (κ1) is 14.2. The zero-order chi connectivity index (χ0) is 14.5. The van der Waals surface area contributed by atoms with E-state index >= 15 is 0 Å². The van der Waals surface area contributed by atoms with Crippen LogP contribution in [-0.4, -0.2) is 41.6 Å². The standard InChI is InChI=1S/C14H18N2O4/c1-10-5-7-16(14(19)15-6-4-13(17)18)9-11(10)12-3-2-8-20-12/h2-3,8H,4-7,9H2,1H3,(H,15,19)(H,17,18). The van der Waals surface area contributed by atoms with Crippen LogP contribution in [0.15, 0.2) is 28.4 Å². The second kappa shape index (κ2) is 6.27. The topological polar surface area (TPSA) is 82.8 Å². The second-order valence-electron chi connectivity index (χ2n) is 4.78. The summed E-state index contributed by atoms with van der Waals surface area (Å²) in [6.45, 7) is 3.30. The predicted molar refractivity (Wildman–Crippen MR) is 73.1 cm³/mol. The third-order valence-electron chi connectivity index (χ3n) is 3.34. The van der Waals surface area contributed by atoms with Gasteiger partial charge in [-0.3, -0.25) is 4.79 Å². The summed E-state index contributed by atoms with van der Waals surface area (Å²) in [5, 5.41) is 11.2. The van der Waals surface area contributed by atoms with E-state index in [1.807, 2.05) is 19.1 Å². The fraction of sp³-hybridized carbons (Fsp3) is 0.429. The molecule has 0 unspecified atom stereocenters. The lowest BCUT2D eigenvalue weighted by Crippen LogP contribution is -2.43. The van der Waals surface area contributed by atoms with Gasteiger partial charge in [0.05, 0.1) is 19.2 Å². The molecule has 0 radical (unpaired) electrons. The normalized spacial score (nSPS) is 15.3. The van der Waals surface area contributed by atoms with Crippen molar-refractivity contribution in [2.24, 2.45) is 0 Å². The Balaban J connectivity index is 1.96. The fourth-order valence-electron chi connectivity index (χ4n) is 2.16. The third kappa shape index (κ3) is 3.40. The Bertz CT molecular complexity index is 519. The first-order valence-electron chi connectivity index (χ1n) is 6.55. The highest BCUT2D eigenvalue weighted by molar-refractivity contribution is 5.79. The minimum Gasteiger partial charge on any atom is -0.481 e. The molecule has 2 N–H and O–H groups in total. The summed E-state index contributed by atoms with van der Waals surface area (Å²) < 4.78 is 5.39. The van der Waals surface area contributed by atoms with Crippen molar-refractivity contribution in [2.75, 3.05) is 19.6 Å². The van der Waals surface area contributed by atoms with Crippen molar-refractivity contribution < 1.29 is 19.1 Å². The van der Waals surface area contributed by atoms with E-state index in [0.29, 0.717) is 13.1 Å². The summed E-state index contributed by atoms with van der Waals surface area (Å²) in [6.07, 6.45) is 2.34. The van der Waals surface area contributed by atoms with Gasteiger partial charge in [-0.2, -0.15) is 0 Å². The van der Waals surface area contributed by atoms with Crippen molar-refractivity contribution in [3.05, 3.63) is 29.7 Å². The quantitative estimate of drug-likeness (QED) is 0.881. The van der Waals surface area contributed by atoms with Crippen LogP contribution in [0.1, 0.15) is 25.5 Å². The average molecular weight is 278 g/mol. The summed E-state index contributed by atoms with van der Waals surface area (Å²) in [4.78, 5) is 24.1. The van der Waals surface area contributed by atoms with Crippen LogP contribution in [0, 0.1) is 0 Å². The smallest absolute Gasteiger partial charge is 0.317 e. The minimum atomic E-state index is -0.920. The summed E-state index contributed by atoms with van der Waals surface area (Å²) in [7, 11) is 0. The van der Waals surface area contributed by atoms with Crippen LogP contribution in [0.25, 0.3) is 5.57 Å². The number of hydrogen-bond donors (Lipinski definition) is 2. The van der Waals surface area contributed by atoms with E-state index in [4.69, 9.17) is 9.52 Å². The summed E-state index contributed by atoms with van der Waals surface area (Å²) >= 11 is 0. The van der Waals surface area contributed by atoms with Crippen molar-refractivity contribution in [1.82, 2.24) is 10.2 Å². The van der Waals surface area contributed by atoms with Gasteiger partial charge in [0, 0.05) is 18.7 Å². The molecule has 0 bridgehead atoms. The molecule has 0 saturated heterocycles. The Hall–Kier alpha value is -2.24. The van der Waals surface area contributed by atoms with E-state index in [9.17, 15) is 9.59 Å². The Morgan fingerprint density at radius 1 is 1.50 bits per heavy atom. The molecule has 0 atom stereocenters. The van der Waals surface area contributed by atoms with Crippen LogP contribution in [0.5, 0.6) is 0 Å². The molecule has 108 valence electrons. The number of nitrogens with zero attached hydrogens (tertiary/aromatic N) is 1. The molecule has 1 aliphatic heterocycles. The number of furan rings is 1. The number of rotatable bonds is 4. The van der Waals surface area contributed by atoms with Crippen LogP contribution in [0.2, 0.25) is 0 Å². The summed E-state index contributed by atoms with van der Waals surface area (Å²) in [6, 6.07) is 3.47. The largest absolute Gasteiger partial charge is 0.481 e. The highest BCUT2D eigenvalue weighted by Crippen LogP contribution is 2.26. The number of aliphatic carboxylic acids is 1. The SMILES string of the molecule is CC1=C(c2ccco2)CN(C(=O)NCCC(=O)O)CC1. The van der Waals surface area contributed by atoms with Gasteiger partial charge in [0.25, 0.3) is 0 Å². The molecule has 0 saturated carbocycles. The van der Waals surface area contributed by atoms with Crippen molar-refractivity contribution in [1.29, 1.82) is 0 Å². The van der Waals surface area contributed by atoms with Crippen LogP contribution in [0.4, 0.5) is 4.79 Å². The Morgan fingerprint density at radius 3 is 2.95 bits per heavy atom. The predicted octanol–water partition coefficient (Wildman–Crippen LogP) is 1.94. The number of urea groups is 1. The first-order valence-corrected chi connectivity index (χ1v) is 6.55. The maximum Gasteiger partial charge on any atom is 0.317 e. The summed E-state index contributed by atoms with van der Waals surface area (Å²) in [5.74, 6) is -0.138. The van der Waals surface area contributed by atoms with Gasteiger partial charge < -0.3 is 19.7 Å². The summed E-state index contributed by atoms with van der Waals surface area (Å²) in [5.41, 5.74) is 2.24. The lowest BCUT2D eigenvalue weighted by atomic mass is 10.00. The van der Waals surface area contributed by atoms with Gasteiger partial charge in [0.15, 0.2) is 0 Å². The molecule has 2 heterocycles. The molecule has 0 fully saturated rings. The Kier molecular flexibility index (Phi) is 4.45. The molecule has 0 spiro atoms. The highest BCUT2D eigenvalue weighted by Gasteiger charge is 2.23. The van der Waals surface area contributed by atoms with Gasteiger partial charge >= 0.3 is 12.0 Å². The first-order chi connectivity index (χ1) is 9.58. The highest BCUT2D eigenvalue weighted by atomic mass is 16.4. The van der Waals surface area contributed by atoms with E-state index in [0.717, 1.165) is 17.8 Å². The van der Waals surface area contributed by atoms with E-state index in [1.165, 1.54) is 5.57 Å². The number of carbonyl (C=O) groups is 2. The van der Waals surface area contributed by atoms with E-state index in [2.05, 4.69) is 5.32 Å². The molecule has 6 heteroatoms. The molecule has 2 rings (SSSR count). The zero-order valence-electron chi connectivity index (χ0n) is 11.4. The van der Waals surface area contributed by atoms with Crippen LogP contribution < -0.4 is 5.32 Å². The third-order valence-corrected chi connectivity index (χ3v) is 3.34. The number of carbonyl (C=O) groups excluding carboxylic acids is 1. The maximum atomic E-state index is 12.0. The van der Waals surface area contributed by atoms with Crippen molar-refractivity contribution in [3.63, 3.8) is 0 Å². The van der Waals surface area contributed by atoms with Crippen molar-refractivity contribution in [3.8, 4) is 0 Å². The minimum absolute atomic E-state index is 0.0700. The lowest BCUT2D eigenvalue weighted by molar-refractivity contribution is -0.136. The van der Waals surface area contributed by atoms with Crippen molar-refractivity contribution >= 4 is 17.6 Å². The van der Waals surface area contributed by atoms with Crippen molar-refractivity contribution in [2.45, 2.75) is 19.8 Å². The molecule has 1 aromatic heterocycles. The van der Waals surface area contributed by atoms with Crippen LogP contribution >= 0.6 is 0 Å². The zero-order valence-corrected chi connectivity index (χ0v) is 11.4. The second-order valence-corrected chi connectivity index (χ2v) is 4.78. The average Bonchev–Trinajstić information content (AvgIpc) is 2.92. The molecule has 1 aromatic rings. The molecule has 1 aliphatic rings. The fourth-order valence-corrected chi connectivity index (χ4v) is 2.16. The molecule has 0 aliphatic carbocycles. The van der Waals surface area contributed by atoms with Crippen LogP contribution in [-0.2, 0) is 4.79 Å². The van der Waals surface area contributed by atoms with E-state index < -0.39 is 5.97 Å². The van der Waals surface area contributed by atoms with Gasteiger partial charge in [-0.05, 0) is 25.5 Å². The van der Waals surface area contributed by atoms with Gasteiger partial charge in [-0.15, -0.1) is 0 Å². The van der Waals surface area contributed by atoms with Crippen LogP contribution in [0.3, 0.4) is 0 Å². The van der Waals surface area contributed by atoms with Gasteiger partial charge in [-0.25, -0.2) is 4.79 Å². The molecule has 20 heavy (non-hydrogen) atoms. The number of amides is 2. The number of carboxylic acids is 1. The molecular weight excluding hydrogens is 260 g/mol. The molecular formula is C14H18N2O4. The number of hydrogen-bond acceptors (Lipinski definition) is 3. The molecule has 0 aromatic carbocycles. The number of nitrogens with one attached hydrogen (secondary N) is 1.